The predicted octanol–water partition coefficient (Wildman–Crippen LogP) is 11.2. The van der Waals surface area contributed by atoms with Crippen LogP contribution in [-0.2, 0) is 25.4 Å². The van der Waals surface area contributed by atoms with Crippen molar-refractivity contribution in [3.63, 3.8) is 0 Å². The third-order valence-electron chi connectivity index (χ3n) is 11.8. The Hall–Kier alpha value is -7.03. The van der Waals surface area contributed by atoms with Crippen molar-refractivity contribution in [1.29, 1.82) is 0 Å². The predicted molar refractivity (Wildman–Crippen MR) is 260 cm³/mol. The van der Waals surface area contributed by atoms with Crippen molar-refractivity contribution in [1.82, 2.24) is 10.6 Å². The molecule has 14 heteroatoms. The quantitative estimate of drug-likeness (QED) is 0.127. The Morgan fingerprint density at radius 1 is 0.632 bits per heavy atom. The van der Waals surface area contributed by atoms with Crippen molar-refractivity contribution in [2.75, 3.05) is 16.6 Å². The topological polar surface area (TPSA) is 117 Å². The van der Waals surface area contributed by atoms with E-state index in [1.54, 1.807) is 12.1 Å². The van der Waals surface area contributed by atoms with Crippen LogP contribution in [0.1, 0.15) is 106 Å². The van der Waals surface area contributed by atoms with Crippen LogP contribution in [0.5, 0.6) is 11.5 Å². The van der Waals surface area contributed by atoms with Gasteiger partial charge in [0.1, 0.15) is 6.04 Å². The van der Waals surface area contributed by atoms with Crippen LogP contribution in [0.4, 0.5) is 24.5 Å². The van der Waals surface area contributed by atoms with E-state index in [9.17, 15) is 32.3 Å². The number of fused-ring (bicyclic) bond motifs is 1. The number of amides is 4. The molecule has 2 atom stereocenters. The van der Waals surface area contributed by atoms with Gasteiger partial charge in [-0.1, -0.05) is 113 Å². The molecule has 10 nitrogen and oxygen atoms in total. The van der Waals surface area contributed by atoms with Crippen molar-refractivity contribution in [2.24, 2.45) is 0 Å². The lowest BCUT2D eigenvalue weighted by Gasteiger charge is -2.32. The Morgan fingerprint density at radius 2 is 1.19 bits per heavy atom. The molecule has 8 rings (SSSR count). The zero-order valence-corrected chi connectivity index (χ0v) is 38.9. The summed E-state index contributed by atoms with van der Waals surface area (Å²) in [4.78, 5) is 56.0. The van der Waals surface area contributed by atoms with Crippen molar-refractivity contribution in [3.8, 4) is 47.3 Å². The summed E-state index contributed by atoms with van der Waals surface area (Å²) in [5.74, 6) is 2.81. The molecule has 68 heavy (non-hydrogen) atoms. The number of hydrogen-bond acceptors (Lipinski definition) is 7. The highest BCUT2D eigenvalue weighted by atomic mass is 32.1. The third kappa shape index (κ3) is 12.7. The number of halogens is 3. The van der Waals surface area contributed by atoms with Gasteiger partial charge in [0, 0.05) is 28.3 Å². The summed E-state index contributed by atoms with van der Waals surface area (Å²) in [6.45, 7) is 4.00. The van der Waals surface area contributed by atoms with E-state index in [0.717, 1.165) is 90.8 Å². The Bertz CT molecular complexity index is 2560. The third-order valence-corrected chi connectivity index (χ3v) is 12.8. The molecule has 3 aliphatic rings. The highest BCUT2D eigenvalue weighted by Crippen LogP contribution is 2.39. The minimum absolute atomic E-state index is 0.00163. The number of benzene rings is 4. The highest BCUT2D eigenvalue weighted by Gasteiger charge is 2.38. The second kappa shape index (κ2) is 24.1. The van der Waals surface area contributed by atoms with E-state index < -0.39 is 41.5 Å². The first-order chi connectivity index (χ1) is 32.9. The number of terminal acetylenes is 2. The molecule has 2 aliphatic carbocycles. The number of hydrogen-bond donors (Lipinski definition) is 2. The molecule has 0 radical (unpaired) electrons. The molecule has 2 fully saturated rings. The second-order valence-electron chi connectivity index (χ2n) is 16.2. The van der Waals surface area contributed by atoms with Crippen molar-refractivity contribution < 1.29 is 41.8 Å². The van der Waals surface area contributed by atoms with Gasteiger partial charge in [0.25, 0.3) is 0 Å². The van der Waals surface area contributed by atoms with Crippen molar-refractivity contribution in [2.45, 2.75) is 108 Å². The van der Waals surface area contributed by atoms with Gasteiger partial charge in [-0.15, -0.1) is 24.2 Å². The Morgan fingerprint density at radius 3 is 1.75 bits per heavy atom. The maximum Gasteiger partial charge on any atom is 0.416 e. The first kappa shape index (κ1) is 50.4. The summed E-state index contributed by atoms with van der Waals surface area (Å²) >= 11 is 1.45. The SMILES string of the molecule is C#CC(=O)N(c1ccc(-c2ccccc2)cc1)C(C(=O)NC1CCCCC1)c1cccs1.C#CC(=O)N(c1cccc(C(F)(F)F)c1)C(C(=O)NC1CCCCC1)c1ccc2c(c1)OCO2.CC. The fraction of sp³-hybridized carbons (Fsp3) is 0.333. The maximum absolute atomic E-state index is 13.6. The molecule has 4 aromatic carbocycles. The summed E-state index contributed by atoms with van der Waals surface area (Å²) < 4.78 is 50.9. The average Bonchev–Trinajstić information content (AvgIpc) is 4.09. The van der Waals surface area contributed by atoms with E-state index in [1.165, 1.54) is 40.9 Å². The molecule has 0 bridgehead atoms. The molecule has 2 unspecified atom stereocenters. The maximum atomic E-state index is 13.6. The Labute approximate surface area is 400 Å². The zero-order chi connectivity index (χ0) is 48.6. The van der Waals surface area contributed by atoms with Crippen LogP contribution in [0.2, 0.25) is 0 Å². The first-order valence-electron chi connectivity index (χ1n) is 22.9. The van der Waals surface area contributed by atoms with Gasteiger partial charge in [0.2, 0.25) is 18.6 Å². The van der Waals surface area contributed by atoms with Gasteiger partial charge in [0.15, 0.2) is 17.5 Å². The lowest BCUT2D eigenvalue weighted by molar-refractivity contribution is -0.137. The molecular formula is C54H55F3N4O6S. The number of alkyl halides is 3. The largest absolute Gasteiger partial charge is 0.454 e. The lowest BCUT2D eigenvalue weighted by Crippen LogP contribution is -2.47. The number of nitrogens with one attached hydrogen (secondary N) is 2. The zero-order valence-electron chi connectivity index (χ0n) is 38.1. The molecule has 2 heterocycles. The van der Waals surface area contributed by atoms with Crippen molar-refractivity contribution in [3.05, 3.63) is 131 Å². The number of thiophene rings is 1. The van der Waals surface area contributed by atoms with Gasteiger partial charge in [-0.05, 0) is 108 Å². The summed E-state index contributed by atoms with van der Waals surface area (Å²) in [6, 6.07) is 28.2. The summed E-state index contributed by atoms with van der Waals surface area (Å²) in [5, 5.41) is 8.05. The van der Waals surface area contributed by atoms with Gasteiger partial charge in [0.05, 0.1) is 5.56 Å². The number of rotatable bonds is 11. The normalized spacial score (nSPS) is 15.3. The summed E-state index contributed by atoms with van der Waals surface area (Å²) in [5.41, 5.74) is 1.94. The molecule has 0 saturated heterocycles. The smallest absolute Gasteiger partial charge is 0.416 e. The van der Waals surface area contributed by atoms with Crippen LogP contribution >= 0.6 is 11.3 Å². The van der Waals surface area contributed by atoms with E-state index in [2.05, 4.69) is 16.6 Å². The number of nitrogens with zero attached hydrogens (tertiary/aromatic N) is 2. The minimum atomic E-state index is -4.64. The monoisotopic (exact) mass is 944 g/mol. The molecule has 1 aromatic heterocycles. The van der Waals surface area contributed by atoms with Gasteiger partial charge >= 0.3 is 18.0 Å². The second-order valence-corrected chi connectivity index (χ2v) is 17.2. The van der Waals surface area contributed by atoms with E-state index >= 15 is 0 Å². The average molecular weight is 945 g/mol. The van der Waals surface area contributed by atoms with Crippen LogP contribution in [0.25, 0.3) is 11.1 Å². The number of anilines is 2. The summed E-state index contributed by atoms with van der Waals surface area (Å²) in [6.07, 6.45) is 16.2. The van der Waals surface area contributed by atoms with Crippen LogP contribution in [-0.4, -0.2) is 42.5 Å². The molecule has 0 spiro atoms. The molecule has 354 valence electrons. The van der Waals surface area contributed by atoms with Crippen LogP contribution in [0.15, 0.2) is 115 Å². The molecule has 1 aliphatic heterocycles. The Balaban J connectivity index is 0.000000216. The number of carbonyl (C=O) groups is 4. The molecule has 2 N–H and O–H groups in total. The fourth-order valence-electron chi connectivity index (χ4n) is 8.56. The van der Waals surface area contributed by atoms with Crippen LogP contribution in [0.3, 0.4) is 0 Å². The standard InChI is InChI=1S/C27H26N2O2S.C25H23F3N2O4.C2H6/c1-2-25(30)29(23-17-15-21(16-18-23)20-10-5-3-6-11-20)26(24-14-9-19-32-24)27(31)28-22-12-7-4-8-13-22;1-2-22(31)30(19-10-6-7-17(14-19)25(26,27)28)23(24(32)29-18-8-4-3-5-9-18)16-11-12-20-21(13-16)34-15-33-20;1-2/h1,3,5-6,9-11,14-19,22,26H,4,7-8,12-13H2,(H,28,31);1,6-7,10-14,18,23H,3-5,8-9,15H2,(H,29,32);1-2H3. The minimum Gasteiger partial charge on any atom is -0.454 e. The van der Waals surface area contributed by atoms with Gasteiger partial charge in [-0.2, -0.15) is 13.2 Å². The van der Waals surface area contributed by atoms with Crippen molar-refractivity contribution >= 4 is 46.3 Å². The Kier molecular flexibility index (Phi) is 17.9. The lowest BCUT2D eigenvalue weighted by atomic mass is 9.94. The number of ether oxygens (including phenoxy) is 2. The van der Waals surface area contributed by atoms with Crippen LogP contribution in [0, 0.1) is 24.7 Å². The fourth-order valence-corrected chi connectivity index (χ4v) is 9.37. The first-order valence-corrected chi connectivity index (χ1v) is 23.8. The molecule has 5 aromatic rings. The van der Waals surface area contributed by atoms with E-state index in [4.69, 9.17) is 22.3 Å². The summed E-state index contributed by atoms with van der Waals surface area (Å²) in [7, 11) is 0. The van der Waals surface area contributed by atoms with E-state index in [0.29, 0.717) is 22.7 Å². The van der Waals surface area contributed by atoms with Gasteiger partial charge < -0.3 is 20.1 Å². The van der Waals surface area contributed by atoms with E-state index in [-0.39, 0.29) is 30.5 Å². The molecular weight excluding hydrogens is 890 g/mol. The van der Waals surface area contributed by atoms with Gasteiger partial charge in [-0.3, -0.25) is 29.0 Å². The highest BCUT2D eigenvalue weighted by molar-refractivity contribution is 7.10. The molecule has 2 saturated carbocycles. The van der Waals surface area contributed by atoms with Crippen LogP contribution < -0.4 is 29.9 Å². The number of carbonyl (C=O) groups excluding carboxylic acids is 4. The molecule has 4 amide bonds. The van der Waals surface area contributed by atoms with E-state index in [1.807, 2.05) is 91.9 Å². The van der Waals surface area contributed by atoms with Gasteiger partial charge in [-0.25, -0.2) is 0 Å².